The molecule has 0 aliphatic carbocycles. The predicted molar refractivity (Wildman–Crippen MR) is 150 cm³/mol. The van der Waals surface area contributed by atoms with Gasteiger partial charge in [-0.25, -0.2) is 9.79 Å². The highest BCUT2D eigenvalue weighted by Crippen LogP contribution is 2.34. The fourth-order valence-electron chi connectivity index (χ4n) is 4.26. The summed E-state index contributed by atoms with van der Waals surface area (Å²) in [7, 11) is 0. The average molecular weight is 555 g/mol. The molecule has 38 heavy (non-hydrogen) atoms. The zero-order valence-corrected chi connectivity index (χ0v) is 23.5. The lowest BCUT2D eigenvalue weighted by molar-refractivity contribution is -0.139. The van der Waals surface area contributed by atoms with Crippen molar-refractivity contribution in [2.45, 2.75) is 46.6 Å². The van der Waals surface area contributed by atoms with Gasteiger partial charge in [-0.2, -0.15) is 0 Å². The molecule has 3 aromatic rings. The summed E-state index contributed by atoms with van der Waals surface area (Å²) in [6, 6.07) is 12.1. The van der Waals surface area contributed by atoms with Crippen LogP contribution < -0.4 is 24.4 Å². The molecule has 4 rings (SSSR count). The number of allylic oxidation sites excluding steroid dienone is 1. The highest BCUT2D eigenvalue weighted by atomic mass is 35.5. The van der Waals surface area contributed by atoms with Gasteiger partial charge < -0.3 is 14.2 Å². The number of hydrogen-bond donors (Lipinski definition) is 0. The normalized spacial score (nSPS) is 15.2. The maximum absolute atomic E-state index is 13.8. The van der Waals surface area contributed by atoms with Crippen molar-refractivity contribution < 1.29 is 19.0 Å². The van der Waals surface area contributed by atoms with Crippen molar-refractivity contribution in [3.05, 3.63) is 89.6 Å². The molecule has 0 amide bonds. The number of esters is 1. The van der Waals surface area contributed by atoms with Crippen molar-refractivity contribution in [2.24, 2.45) is 4.99 Å². The molecule has 1 atom stereocenters. The molecule has 7 nitrogen and oxygen atoms in total. The van der Waals surface area contributed by atoms with Crippen molar-refractivity contribution in [3.8, 4) is 11.5 Å². The highest BCUT2D eigenvalue weighted by molar-refractivity contribution is 7.07. The summed E-state index contributed by atoms with van der Waals surface area (Å²) in [6.07, 6.45) is 3.79. The fraction of sp³-hybridized carbons (Fsp3) is 0.345. The minimum Gasteiger partial charge on any atom is -0.490 e. The average Bonchev–Trinajstić information content (AvgIpc) is 3.19. The Morgan fingerprint density at radius 1 is 1.11 bits per heavy atom. The van der Waals surface area contributed by atoms with Crippen molar-refractivity contribution in [3.63, 3.8) is 0 Å². The van der Waals surface area contributed by atoms with Crippen LogP contribution >= 0.6 is 22.9 Å². The van der Waals surface area contributed by atoms with Gasteiger partial charge in [0.25, 0.3) is 5.56 Å². The van der Waals surface area contributed by atoms with Crippen LogP contribution in [0, 0.1) is 0 Å². The zero-order chi connectivity index (χ0) is 27.2. The first kappa shape index (κ1) is 27.7. The van der Waals surface area contributed by atoms with Gasteiger partial charge in [-0.3, -0.25) is 9.36 Å². The van der Waals surface area contributed by atoms with Gasteiger partial charge in [-0.15, -0.1) is 0 Å². The summed E-state index contributed by atoms with van der Waals surface area (Å²) in [4.78, 5) is 31.9. The summed E-state index contributed by atoms with van der Waals surface area (Å²) < 4.78 is 19.0. The van der Waals surface area contributed by atoms with Crippen LogP contribution in [-0.4, -0.2) is 30.4 Å². The van der Waals surface area contributed by atoms with Gasteiger partial charge in [0, 0.05) is 5.02 Å². The SMILES string of the molecule is CCCCOc1ccc(/C=c2/sc3n(c2=O)[C@H](c2ccccc2Cl)C(C(=O)OCC)=C(C)N=3)cc1OCC. The van der Waals surface area contributed by atoms with Gasteiger partial charge >= 0.3 is 5.97 Å². The number of ether oxygens (including phenoxy) is 3. The Morgan fingerprint density at radius 2 is 1.89 bits per heavy atom. The molecular formula is C29H31ClN2O5S. The number of carbonyl (C=O) groups excluding carboxylic acids is 1. The molecule has 0 N–H and O–H groups in total. The van der Waals surface area contributed by atoms with Gasteiger partial charge in [0.15, 0.2) is 16.3 Å². The Morgan fingerprint density at radius 3 is 2.61 bits per heavy atom. The Labute approximate surface area is 230 Å². The molecule has 1 aliphatic rings. The third kappa shape index (κ3) is 5.71. The van der Waals surface area contributed by atoms with Crippen LogP contribution in [0.3, 0.4) is 0 Å². The lowest BCUT2D eigenvalue weighted by Crippen LogP contribution is -2.40. The van der Waals surface area contributed by atoms with E-state index >= 15 is 0 Å². The number of nitrogens with zero attached hydrogens (tertiary/aromatic N) is 2. The largest absolute Gasteiger partial charge is 0.490 e. The molecule has 1 aromatic heterocycles. The first-order valence-corrected chi connectivity index (χ1v) is 13.9. The van der Waals surface area contributed by atoms with E-state index in [9.17, 15) is 9.59 Å². The molecule has 0 unspecified atom stereocenters. The highest BCUT2D eigenvalue weighted by Gasteiger charge is 2.34. The lowest BCUT2D eigenvalue weighted by atomic mass is 9.96. The zero-order valence-electron chi connectivity index (χ0n) is 22.0. The number of carbonyl (C=O) groups is 1. The topological polar surface area (TPSA) is 79.1 Å². The van der Waals surface area contributed by atoms with Crippen LogP contribution in [-0.2, 0) is 9.53 Å². The summed E-state index contributed by atoms with van der Waals surface area (Å²) >= 11 is 7.82. The van der Waals surface area contributed by atoms with Crippen LogP contribution in [0.5, 0.6) is 11.5 Å². The standard InChI is InChI=1S/C29H31ClN2O5S/c1-5-8-15-37-22-14-13-19(16-23(22)35-6-2)17-24-27(33)32-26(20-11-9-10-12-21(20)30)25(28(34)36-7-3)18(4)31-29(32)38-24/h9-14,16-17,26H,5-8,15H2,1-4H3/b24-17+/t26-/m1/s1. The van der Waals surface area contributed by atoms with Gasteiger partial charge in [0.1, 0.15) is 6.04 Å². The van der Waals surface area contributed by atoms with E-state index in [2.05, 4.69) is 11.9 Å². The van der Waals surface area contributed by atoms with E-state index in [1.807, 2.05) is 43.3 Å². The number of hydrogen-bond acceptors (Lipinski definition) is 7. The molecule has 0 fully saturated rings. The number of halogens is 1. The van der Waals surface area contributed by atoms with Gasteiger partial charge in [-0.05, 0) is 62.6 Å². The first-order valence-electron chi connectivity index (χ1n) is 12.7. The summed E-state index contributed by atoms with van der Waals surface area (Å²) in [5, 5.41) is 0.448. The van der Waals surface area contributed by atoms with Crippen molar-refractivity contribution in [1.82, 2.24) is 4.57 Å². The monoisotopic (exact) mass is 554 g/mol. The molecule has 0 radical (unpaired) electrons. The Hall–Kier alpha value is -3.36. The number of unbranched alkanes of at least 4 members (excludes halogenated alkanes) is 1. The van der Waals surface area contributed by atoms with E-state index in [1.165, 1.54) is 15.9 Å². The van der Waals surface area contributed by atoms with Crippen LogP contribution in [0.15, 0.2) is 63.5 Å². The molecule has 0 spiro atoms. The molecule has 1 aliphatic heterocycles. The molecule has 2 aromatic carbocycles. The molecule has 0 bridgehead atoms. The van der Waals surface area contributed by atoms with Gasteiger partial charge in [-0.1, -0.05) is 60.5 Å². The second-order valence-corrected chi connectivity index (χ2v) is 10.1. The van der Waals surface area contributed by atoms with E-state index < -0.39 is 12.0 Å². The third-order valence-electron chi connectivity index (χ3n) is 6.04. The summed E-state index contributed by atoms with van der Waals surface area (Å²) in [6.45, 7) is 8.82. The molecular weight excluding hydrogens is 524 g/mol. The van der Waals surface area contributed by atoms with E-state index in [4.69, 9.17) is 25.8 Å². The minimum atomic E-state index is -0.755. The number of benzene rings is 2. The van der Waals surface area contributed by atoms with E-state index in [0.29, 0.717) is 55.9 Å². The van der Waals surface area contributed by atoms with Crippen LogP contribution in [0.2, 0.25) is 5.02 Å². The summed E-state index contributed by atoms with van der Waals surface area (Å²) in [5.41, 5.74) is 1.94. The fourth-order valence-corrected chi connectivity index (χ4v) is 5.55. The number of aromatic nitrogens is 1. The van der Waals surface area contributed by atoms with Gasteiger partial charge in [0.2, 0.25) is 0 Å². The quantitative estimate of drug-likeness (QED) is 0.259. The molecule has 0 saturated carbocycles. The third-order valence-corrected chi connectivity index (χ3v) is 7.36. The molecule has 200 valence electrons. The number of fused-ring (bicyclic) bond motifs is 1. The van der Waals surface area contributed by atoms with Crippen molar-refractivity contribution in [1.29, 1.82) is 0 Å². The van der Waals surface area contributed by atoms with Crippen molar-refractivity contribution in [2.75, 3.05) is 19.8 Å². The lowest BCUT2D eigenvalue weighted by Gasteiger charge is -2.25. The number of rotatable bonds is 10. The Bertz CT molecular complexity index is 1540. The molecule has 9 heteroatoms. The maximum Gasteiger partial charge on any atom is 0.338 e. The molecule has 2 heterocycles. The van der Waals surface area contributed by atoms with Gasteiger partial charge in [0.05, 0.1) is 35.6 Å². The first-order chi connectivity index (χ1) is 18.4. The van der Waals surface area contributed by atoms with E-state index in [0.717, 1.165) is 18.4 Å². The second-order valence-electron chi connectivity index (χ2n) is 8.66. The van der Waals surface area contributed by atoms with Crippen LogP contribution in [0.25, 0.3) is 6.08 Å². The number of thiazole rings is 1. The van der Waals surface area contributed by atoms with Crippen LogP contribution in [0.1, 0.15) is 57.7 Å². The second kappa shape index (κ2) is 12.5. The van der Waals surface area contributed by atoms with Crippen LogP contribution in [0.4, 0.5) is 0 Å². The maximum atomic E-state index is 13.8. The Balaban J connectivity index is 1.85. The summed E-state index contributed by atoms with van der Waals surface area (Å²) in [5.74, 6) is 0.778. The minimum absolute atomic E-state index is 0.204. The van der Waals surface area contributed by atoms with E-state index in [-0.39, 0.29) is 12.2 Å². The smallest absolute Gasteiger partial charge is 0.338 e. The Kier molecular flexibility index (Phi) is 9.07. The predicted octanol–water partition coefficient (Wildman–Crippen LogP) is 5.03. The molecule has 0 saturated heterocycles. The van der Waals surface area contributed by atoms with E-state index in [1.54, 1.807) is 26.0 Å². The van der Waals surface area contributed by atoms with Crippen molar-refractivity contribution >= 4 is 35.0 Å².